The van der Waals surface area contributed by atoms with E-state index in [0.717, 1.165) is 16.7 Å². The van der Waals surface area contributed by atoms with Gasteiger partial charge in [0.25, 0.3) is 0 Å². The minimum Gasteiger partial charge on any atom is -0.324 e. The van der Waals surface area contributed by atoms with Gasteiger partial charge in [0, 0.05) is 11.8 Å². The summed E-state index contributed by atoms with van der Waals surface area (Å²) in [5.74, 6) is 1.46. The monoisotopic (exact) mass is 298 g/mol. The number of nitrogens with zero attached hydrogens (tertiary/aromatic N) is 5. The van der Waals surface area contributed by atoms with Crippen LogP contribution in [0.25, 0.3) is 0 Å². The van der Waals surface area contributed by atoms with E-state index < -0.39 is 0 Å². The van der Waals surface area contributed by atoms with E-state index in [1.54, 1.807) is 18.0 Å². The van der Waals surface area contributed by atoms with Crippen molar-refractivity contribution in [2.75, 3.05) is 0 Å². The average molecular weight is 299 g/mol. The van der Waals surface area contributed by atoms with Crippen LogP contribution in [0.4, 0.5) is 0 Å². The normalized spacial score (nSPS) is 11.2. The first kappa shape index (κ1) is 14.2. The summed E-state index contributed by atoms with van der Waals surface area (Å²) in [5.41, 5.74) is 6.51. The van der Waals surface area contributed by atoms with Crippen molar-refractivity contribution in [2.45, 2.75) is 37.3 Å². The molecule has 0 saturated heterocycles. The number of hydrogen-bond donors (Lipinski definition) is 1. The lowest BCUT2D eigenvalue weighted by atomic mass is 10.4. The molecule has 0 aliphatic carbocycles. The second-order valence-electron chi connectivity index (χ2n) is 4.19. The van der Waals surface area contributed by atoms with E-state index >= 15 is 0 Å². The molecule has 19 heavy (non-hydrogen) atoms. The quantitative estimate of drug-likeness (QED) is 0.851. The van der Waals surface area contributed by atoms with Crippen molar-refractivity contribution in [3.05, 3.63) is 29.1 Å². The number of hydrogen-bond acceptors (Lipinski definition) is 6. The van der Waals surface area contributed by atoms with Crippen LogP contribution in [-0.2, 0) is 12.3 Å². The highest BCUT2D eigenvalue weighted by Crippen LogP contribution is 2.24. The number of thioether (sulfide) groups is 1. The molecule has 0 fully saturated rings. The van der Waals surface area contributed by atoms with E-state index in [1.807, 2.05) is 4.57 Å². The van der Waals surface area contributed by atoms with E-state index in [2.05, 4.69) is 34.0 Å². The standard InChI is InChI=1S/C11H15ClN6S/c1-7(2)18-10(3-13)16-17-11(18)19-6-8-4-15-9(12)5-14-8/h4-5,7H,3,6,13H2,1-2H3. The van der Waals surface area contributed by atoms with Gasteiger partial charge in [-0.1, -0.05) is 23.4 Å². The zero-order valence-electron chi connectivity index (χ0n) is 10.7. The van der Waals surface area contributed by atoms with Crippen LogP contribution < -0.4 is 5.73 Å². The van der Waals surface area contributed by atoms with E-state index in [0.29, 0.717) is 17.5 Å². The molecule has 0 aliphatic rings. The number of rotatable bonds is 5. The van der Waals surface area contributed by atoms with E-state index in [9.17, 15) is 0 Å². The van der Waals surface area contributed by atoms with Gasteiger partial charge in [-0.3, -0.25) is 4.98 Å². The minimum atomic E-state index is 0.271. The Morgan fingerprint density at radius 2 is 2.11 bits per heavy atom. The molecule has 0 spiro atoms. The summed E-state index contributed by atoms with van der Waals surface area (Å²) >= 11 is 7.26. The van der Waals surface area contributed by atoms with Crippen molar-refractivity contribution in [2.24, 2.45) is 5.73 Å². The molecule has 6 nitrogen and oxygen atoms in total. The zero-order valence-corrected chi connectivity index (χ0v) is 12.3. The molecule has 0 unspecified atom stereocenters. The molecule has 8 heteroatoms. The molecule has 102 valence electrons. The lowest BCUT2D eigenvalue weighted by Crippen LogP contribution is -2.11. The van der Waals surface area contributed by atoms with Crippen molar-refractivity contribution >= 4 is 23.4 Å². The third-order valence-electron chi connectivity index (χ3n) is 2.46. The van der Waals surface area contributed by atoms with Crippen molar-refractivity contribution in [1.29, 1.82) is 0 Å². The molecule has 0 amide bonds. The third kappa shape index (κ3) is 3.43. The largest absolute Gasteiger partial charge is 0.324 e. The fraction of sp³-hybridized carbons (Fsp3) is 0.455. The van der Waals surface area contributed by atoms with Crippen LogP contribution in [-0.4, -0.2) is 24.7 Å². The van der Waals surface area contributed by atoms with Gasteiger partial charge < -0.3 is 10.3 Å². The summed E-state index contributed by atoms with van der Waals surface area (Å²) in [6.07, 6.45) is 3.20. The van der Waals surface area contributed by atoms with Crippen molar-refractivity contribution in [3.8, 4) is 0 Å². The van der Waals surface area contributed by atoms with Crippen molar-refractivity contribution in [1.82, 2.24) is 24.7 Å². The molecule has 2 aromatic rings. The average Bonchev–Trinajstić information content (AvgIpc) is 2.81. The van der Waals surface area contributed by atoms with Gasteiger partial charge in [0.1, 0.15) is 11.0 Å². The summed E-state index contributed by atoms with van der Waals surface area (Å²) in [6.45, 7) is 4.54. The summed E-state index contributed by atoms with van der Waals surface area (Å²) < 4.78 is 2.04. The first-order valence-corrected chi connectivity index (χ1v) is 7.21. The topological polar surface area (TPSA) is 82.5 Å². The summed E-state index contributed by atoms with van der Waals surface area (Å²) in [5, 5.41) is 9.49. The first-order chi connectivity index (χ1) is 9.11. The smallest absolute Gasteiger partial charge is 0.191 e. The predicted octanol–water partition coefficient (Wildman–Crippen LogP) is 2.05. The lowest BCUT2D eigenvalue weighted by molar-refractivity contribution is 0.526. The predicted molar refractivity (Wildman–Crippen MR) is 74.9 cm³/mol. The Hall–Kier alpha value is -1.18. The van der Waals surface area contributed by atoms with Crippen molar-refractivity contribution in [3.63, 3.8) is 0 Å². The Balaban J connectivity index is 2.11. The molecule has 0 saturated carbocycles. The van der Waals surface area contributed by atoms with Gasteiger partial charge in [0.15, 0.2) is 5.16 Å². The maximum atomic E-state index is 5.70. The number of nitrogens with two attached hydrogens (primary N) is 1. The van der Waals surface area contributed by atoms with E-state index in [4.69, 9.17) is 17.3 Å². The Morgan fingerprint density at radius 3 is 2.68 bits per heavy atom. The van der Waals surface area contributed by atoms with Crippen LogP contribution in [0.5, 0.6) is 0 Å². The van der Waals surface area contributed by atoms with Gasteiger partial charge in [-0.05, 0) is 13.8 Å². The van der Waals surface area contributed by atoms with Gasteiger partial charge in [0.05, 0.1) is 24.6 Å². The summed E-state index contributed by atoms with van der Waals surface area (Å²) in [7, 11) is 0. The van der Waals surface area contributed by atoms with Crippen LogP contribution in [0, 0.1) is 0 Å². The lowest BCUT2D eigenvalue weighted by Gasteiger charge is -2.12. The fourth-order valence-corrected chi connectivity index (χ4v) is 2.69. The van der Waals surface area contributed by atoms with Crippen LogP contribution in [0.1, 0.15) is 31.4 Å². The maximum absolute atomic E-state index is 5.70. The first-order valence-electron chi connectivity index (χ1n) is 5.85. The summed E-state index contributed by atoms with van der Waals surface area (Å²) in [4.78, 5) is 8.19. The second-order valence-corrected chi connectivity index (χ2v) is 5.52. The Bertz CT molecular complexity index is 539. The molecular weight excluding hydrogens is 284 g/mol. The van der Waals surface area contributed by atoms with Gasteiger partial charge in [0.2, 0.25) is 0 Å². The fourth-order valence-electron chi connectivity index (χ4n) is 1.62. The minimum absolute atomic E-state index is 0.271. The highest BCUT2D eigenvalue weighted by Gasteiger charge is 2.14. The Kier molecular flexibility index (Phi) is 4.73. The molecule has 2 rings (SSSR count). The van der Waals surface area contributed by atoms with E-state index in [-0.39, 0.29) is 6.04 Å². The molecule has 0 atom stereocenters. The molecule has 2 aromatic heterocycles. The van der Waals surface area contributed by atoms with Crippen LogP contribution >= 0.6 is 23.4 Å². The van der Waals surface area contributed by atoms with Crippen molar-refractivity contribution < 1.29 is 0 Å². The van der Waals surface area contributed by atoms with Gasteiger partial charge in [-0.15, -0.1) is 10.2 Å². The Morgan fingerprint density at radius 1 is 1.32 bits per heavy atom. The second kappa shape index (κ2) is 6.31. The molecule has 0 aromatic carbocycles. The van der Waals surface area contributed by atoms with E-state index in [1.165, 1.54) is 6.20 Å². The molecule has 0 aliphatic heterocycles. The summed E-state index contributed by atoms with van der Waals surface area (Å²) in [6, 6.07) is 0.271. The van der Waals surface area contributed by atoms with Gasteiger partial charge in [-0.2, -0.15) is 0 Å². The third-order valence-corrected chi connectivity index (χ3v) is 3.63. The van der Waals surface area contributed by atoms with Crippen LogP contribution in [0.3, 0.4) is 0 Å². The molecule has 2 heterocycles. The van der Waals surface area contributed by atoms with Gasteiger partial charge >= 0.3 is 0 Å². The number of halogens is 1. The molecular formula is C11H15ClN6S. The molecule has 0 bridgehead atoms. The number of aromatic nitrogens is 5. The molecule has 0 radical (unpaired) electrons. The SMILES string of the molecule is CC(C)n1c(CN)nnc1SCc1cnc(Cl)cn1. The highest BCUT2D eigenvalue weighted by molar-refractivity contribution is 7.98. The molecule has 2 N–H and O–H groups in total. The van der Waals surface area contributed by atoms with Gasteiger partial charge in [-0.25, -0.2) is 4.98 Å². The van der Waals surface area contributed by atoms with Crippen LogP contribution in [0.15, 0.2) is 17.6 Å². The maximum Gasteiger partial charge on any atom is 0.191 e. The Labute approximate surface area is 120 Å². The highest BCUT2D eigenvalue weighted by atomic mass is 35.5. The zero-order chi connectivity index (χ0) is 13.8. The van der Waals surface area contributed by atoms with Crippen LogP contribution in [0.2, 0.25) is 5.15 Å².